The lowest BCUT2D eigenvalue weighted by Crippen LogP contribution is -2.35. The summed E-state index contributed by atoms with van der Waals surface area (Å²) >= 11 is 0. The van der Waals surface area contributed by atoms with Gasteiger partial charge in [-0.2, -0.15) is 0 Å². The van der Waals surface area contributed by atoms with E-state index in [1.165, 1.54) is 19.3 Å². The van der Waals surface area contributed by atoms with E-state index >= 15 is 0 Å². The SMILES string of the molecule is CCCCC(CC)C(Cc1ccccc1[N+](=O)[O-])NC. The van der Waals surface area contributed by atoms with Crippen LogP contribution in [-0.2, 0) is 6.42 Å². The van der Waals surface area contributed by atoms with Crippen molar-refractivity contribution in [3.63, 3.8) is 0 Å². The Balaban J connectivity index is 2.84. The van der Waals surface area contributed by atoms with E-state index in [0.717, 1.165) is 18.4 Å². The lowest BCUT2D eigenvalue weighted by Gasteiger charge is -2.26. The molecule has 0 fully saturated rings. The minimum atomic E-state index is -0.283. The van der Waals surface area contributed by atoms with Crippen LogP contribution in [0.4, 0.5) is 5.69 Å². The molecule has 1 N–H and O–H groups in total. The lowest BCUT2D eigenvalue weighted by molar-refractivity contribution is -0.385. The molecule has 0 aliphatic rings. The number of benzene rings is 1. The molecule has 0 spiro atoms. The summed E-state index contributed by atoms with van der Waals surface area (Å²) in [5, 5.41) is 14.4. The van der Waals surface area contributed by atoms with Crippen molar-refractivity contribution in [2.75, 3.05) is 7.05 Å². The third kappa shape index (κ3) is 4.60. The molecule has 0 saturated heterocycles. The standard InChI is InChI=1S/C16H26N2O2/c1-4-6-9-13(5-2)15(17-3)12-14-10-7-8-11-16(14)18(19)20/h7-8,10-11,13,15,17H,4-6,9,12H2,1-3H3. The zero-order valence-electron chi connectivity index (χ0n) is 12.8. The summed E-state index contributed by atoms with van der Waals surface area (Å²) in [6, 6.07) is 7.36. The van der Waals surface area contributed by atoms with Crippen molar-refractivity contribution in [2.24, 2.45) is 5.92 Å². The number of unbranched alkanes of at least 4 members (excludes halogenated alkanes) is 1. The number of likely N-dealkylation sites (N-methyl/N-ethyl adjacent to an activating group) is 1. The zero-order chi connectivity index (χ0) is 15.0. The third-order valence-corrected chi connectivity index (χ3v) is 4.02. The Kier molecular flexibility index (Phi) is 7.23. The summed E-state index contributed by atoms with van der Waals surface area (Å²) in [5.74, 6) is 0.569. The van der Waals surface area contributed by atoms with Crippen LogP contribution in [0.15, 0.2) is 24.3 Å². The highest BCUT2D eigenvalue weighted by Crippen LogP contribution is 2.24. The predicted molar refractivity (Wildman–Crippen MR) is 83.0 cm³/mol. The Morgan fingerprint density at radius 3 is 2.55 bits per heavy atom. The van der Waals surface area contributed by atoms with Crippen molar-refractivity contribution in [1.29, 1.82) is 0 Å². The summed E-state index contributed by atoms with van der Waals surface area (Å²) < 4.78 is 0. The molecule has 0 radical (unpaired) electrons. The number of hydrogen-bond donors (Lipinski definition) is 1. The maximum Gasteiger partial charge on any atom is 0.272 e. The molecule has 4 nitrogen and oxygen atoms in total. The van der Waals surface area contributed by atoms with E-state index in [1.807, 2.05) is 19.2 Å². The molecular formula is C16H26N2O2. The average molecular weight is 278 g/mol. The number of nitrogens with zero attached hydrogens (tertiary/aromatic N) is 1. The molecule has 0 bridgehead atoms. The van der Waals surface area contributed by atoms with Crippen LogP contribution in [-0.4, -0.2) is 18.0 Å². The summed E-state index contributed by atoms with van der Waals surface area (Å²) in [6.07, 6.45) is 5.41. The van der Waals surface area contributed by atoms with Gasteiger partial charge in [0.25, 0.3) is 5.69 Å². The van der Waals surface area contributed by atoms with E-state index in [0.29, 0.717) is 12.0 Å². The van der Waals surface area contributed by atoms with Gasteiger partial charge in [-0.3, -0.25) is 10.1 Å². The van der Waals surface area contributed by atoms with Gasteiger partial charge in [-0.05, 0) is 25.8 Å². The first-order chi connectivity index (χ1) is 9.63. The second-order valence-corrected chi connectivity index (χ2v) is 5.30. The van der Waals surface area contributed by atoms with E-state index in [4.69, 9.17) is 0 Å². The quantitative estimate of drug-likeness (QED) is 0.550. The molecule has 4 heteroatoms. The molecule has 20 heavy (non-hydrogen) atoms. The number of nitro benzene ring substituents is 1. The highest BCUT2D eigenvalue weighted by molar-refractivity contribution is 5.40. The second kappa shape index (κ2) is 8.69. The van der Waals surface area contributed by atoms with Crippen LogP contribution >= 0.6 is 0 Å². The first kappa shape index (κ1) is 16.6. The van der Waals surface area contributed by atoms with Crippen LogP contribution in [0.25, 0.3) is 0 Å². The van der Waals surface area contributed by atoms with Crippen molar-refractivity contribution in [3.8, 4) is 0 Å². The van der Waals surface area contributed by atoms with E-state index in [9.17, 15) is 10.1 Å². The monoisotopic (exact) mass is 278 g/mol. The van der Waals surface area contributed by atoms with Gasteiger partial charge < -0.3 is 5.32 Å². The topological polar surface area (TPSA) is 55.2 Å². The summed E-state index contributed by atoms with van der Waals surface area (Å²) in [5.41, 5.74) is 1.06. The molecular weight excluding hydrogens is 252 g/mol. The Morgan fingerprint density at radius 1 is 1.30 bits per heavy atom. The van der Waals surface area contributed by atoms with Gasteiger partial charge in [0.05, 0.1) is 4.92 Å². The van der Waals surface area contributed by atoms with Gasteiger partial charge in [-0.1, -0.05) is 51.3 Å². The van der Waals surface area contributed by atoms with Crippen molar-refractivity contribution >= 4 is 5.69 Å². The van der Waals surface area contributed by atoms with Gasteiger partial charge in [0.1, 0.15) is 0 Å². The summed E-state index contributed by atoms with van der Waals surface area (Å²) in [7, 11) is 1.95. The Labute approximate surface area is 121 Å². The largest absolute Gasteiger partial charge is 0.316 e. The molecule has 0 heterocycles. The predicted octanol–water partition coefficient (Wildman–Crippen LogP) is 3.94. The van der Waals surface area contributed by atoms with E-state index in [-0.39, 0.29) is 10.6 Å². The highest BCUT2D eigenvalue weighted by atomic mass is 16.6. The number of rotatable bonds is 9. The second-order valence-electron chi connectivity index (χ2n) is 5.30. The Morgan fingerprint density at radius 2 is 2.00 bits per heavy atom. The van der Waals surface area contributed by atoms with E-state index in [2.05, 4.69) is 19.2 Å². The highest BCUT2D eigenvalue weighted by Gasteiger charge is 2.22. The fraction of sp³-hybridized carbons (Fsp3) is 0.625. The molecule has 0 aliphatic heterocycles. The van der Waals surface area contributed by atoms with Crippen molar-refractivity contribution in [3.05, 3.63) is 39.9 Å². The molecule has 2 atom stereocenters. The smallest absolute Gasteiger partial charge is 0.272 e. The number of nitro groups is 1. The van der Waals surface area contributed by atoms with Crippen molar-refractivity contribution in [2.45, 2.75) is 52.0 Å². The molecule has 0 amide bonds. The molecule has 2 unspecified atom stereocenters. The van der Waals surface area contributed by atoms with Gasteiger partial charge in [0.15, 0.2) is 0 Å². The molecule has 1 aromatic carbocycles. The van der Waals surface area contributed by atoms with Crippen molar-refractivity contribution in [1.82, 2.24) is 5.32 Å². The number of nitrogens with one attached hydrogen (secondary N) is 1. The zero-order valence-corrected chi connectivity index (χ0v) is 12.8. The number of para-hydroxylation sites is 1. The maximum absolute atomic E-state index is 11.1. The molecule has 0 aliphatic carbocycles. The minimum Gasteiger partial charge on any atom is -0.316 e. The number of hydrogen-bond acceptors (Lipinski definition) is 3. The van der Waals surface area contributed by atoms with Crippen LogP contribution in [0.3, 0.4) is 0 Å². The Hall–Kier alpha value is -1.42. The lowest BCUT2D eigenvalue weighted by atomic mass is 9.87. The molecule has 1 aromatic rings. The average Bonchev–Trinajstić information content (AvgIpc) is 2.46. The minimum absolute atomic E-state index is 0.234. The molecule has 0 saturated carbocycles. The van der Waals surface area contributed by atoms with Gasteiger partial charge in [-0.15, -0.1) is 0 Å². The van der Waals surface area contributed by atoms with Crippen LogP contribution < -0.4 is 5.32 Å². The summed E-state index contributed by atoms with van der Waals surface area (Å²) in [4.78, 5) is 10.8. The maximum atomic E-state index is 11.1. The molecule has 1 rings (SSSR count). The fourth-order valence-corrected chi connectivity index (χ4v) is 2.76. The van der Waals surface area contributed by atoms with Crippen LogP contribution in [0, 0.1) is 16.0 Å². The van der Waals surface area contributed by atoms with Gasteiger partial charge in [-0.25, -0.2) is 0 Å². The summed E-state index contributed by atoms with van der Waals surface area (Å²) in [6.45, 7) is 4.40. The van der Waals surface area contributed by atoms with Gasteiger partial charge in [0, 0.05) is 17.7 Å². The Bertz CT molecular complexity index is 421. The molecule has 0 aromatic heterocycles. The van der Waals surface area contributed by atoms with Crippen molar-refractivity contribution < 1.29 is 4.92 Å². The van der Waals surface area contributed by atoms with Crippen LogP contribution in [0.1, 0.15) is 45.1 Å². The van der Waals surface area contributed by atoms with Crippen LogP contribution in [0.2, 0.25) is 0 Å². The fourth-order valence-electron chi connectivity index (χ4n) is 2.76. The van der Waals surface area contributed by atoms with E-state index < -0.39 is 0 Å². The van der Waals surface area contributed by atoms with E-state index in [1.54, 1.807) is 12.1 Å². The van der Waals surface area contributed by atoms with Crippen LogP contribution in [0.5, 0.6) is 0 Å². The van der Waals surface area contributed by atoms with Gasteiger partial charge >= 0.3 is 0 Å². The first-order valence-electron chi connectivity index (χ1n) is 7.53. The normalized spacial score (nSPS) is 13.9. The van der Waals surface area contributed by atoms with Gasteiger partial charge in [0.2, 0.25) is 0 Å². The first-order valence-corrected chi connectivity index (χ1v) is 7.53. The molecule has 112 valence electrons. The third-order valence-electron chi connectivity index (χ3n) is 4.02.